The summed E-state index contributed by atoms with van der Waals surface area (Å²) in [5, 5.41) is 1.52. The number of alkyl halides is 3. The Labute approximate surface area is 378 Å². The van der Waals surface area contributed by atoms with Crippen LogP contribution in [0.25, 0.3) is 10.8 Å². The number of ether oxygens (including phenoxy) is 3. The molecule has 0 radical (unpaired) electrons. The Bertz CT molecular complexity index is 2220. The first-order valence-corrected chi connectivity index (χ1v) is 24.0. The van der Waals surface area contributed by atoms with Gasteiger partial charge in [-0.1, -0.05) is 32.4 Å². The molecule has 4 aliphatic rings. The van der Waals surface area contributed by atoms with Gasteiger partial charge in [-0.25, -0.2) is 18.6 Å². The molecule has 16 nitrogen and oxygen atoms in total. The minimum atomic E-state index is -4.88. The van der Waals surface area contributed by atoms with Crippen LogP contribution in [0.15, 0.2) is 36.4 Å². The molecule has 5 N–H and O–H groups in total. The molecular weight excluding hydrogens is 872 g/mol. The van der Waals surface area contributed by atoms with Crippen molar-refractivity contribution >= 4 is 50.4 Å². The van der Waals surface area contributed by atoms with Gasteiger partial charge >= 0.3 is 12.3 Å². The number of pyridine rings is 1. The number of hydrogen-bond acceptors (Lipinski definition) is 12. The van der Waals surface area contributed by atoms with Gasteiger partial charge in [0.1, 0.15) is 29.8 Å². The van der Waals surface area contributed by atoms with Crippen LogP contribution >= 0.6 is 0 Å². The first-order valence-electron chi connectivity index (χ1n) is 22.6. The second-order valence-electron chi connectivity index (χ2n) is 19.0. The Morgan fingerprint density at radius 1 is 1.06 bits per heavy atom. The van der Waals surface area contributed by atoms with Gasteiger partial charge in [0.05, 0.1) is 18.4 Å². The molecule has 20 heteroatoms. The highest BCUT2D eigenvalue weighted by Gasteiger charge is 2.52. The third-order valence-corrected chi connectivity index (χ3v) is 15.7. The molecule has 0 spiro atoms. The van der Waals surface area contributed by atoms with Gasteiger partial charge in [-0.15, -0.1) is 0 Å². The number of carbonyl (C=O) groups excluding carboxylic acids is 4. The van der Waals surface area contributed by atoms with E-state index < -0.39 is 80.4 Å². The Kier molecular flexibility index (Phi) is 15.2. The average molecular weight is 936 g/mol. The number of nitrogens with two attached hydrogens (primary N) is 1. The number of nitrogens with zero attached hydrogens (tertiary/aromatic N) is 3. The molecule has 360 valence electrons. The molecule has 0 bridgehead atoms. The van der Waals surface area contributed by atoms with Crippen molar-refractivity contribution in [2.45, 2.75) is 140 Å². The molecule has 2 aliphatic carbocycles. The molecule has 7 atom stereocenters. The van der Waals surface area contributed by atoms with E-state index in [9.17, 15) is 40.8 Å². The molecule has 65 heavy (non-hydrogen) atoms. The van der Waals surface area contributed by atoms with Crippen molar-refractivity contribution in [3.8, 4) is 11.6 Å². The van der Waals surface area contributed by atoms with E-state index >= 15 is 0 Å². The van der Waals surface area contributed by atoms with Crippen molar-refractivity contribution in [3.63, 3.8) is 0 Å². The fraction of sp³-hybridized carbons (Fsp3) is 0.667. The van der Waals surface area contributed by atoms with E-state index in [1.807, 2.05) is 37.3 Å². The van der Waals surface area contributed by atoms with E-state index in [1.54, 1.807) is 27.0 Å². The molecule has 4 fully saturated rings. The van der Waals surface area contributed by atoms with Gasteiger partial charge in [-0.05, 0) is 126 Å². The summed E-state index contributed by atoms with van der Waals surface area (Å²) in [6, 6.07) is 5.09. The van der Waals surface area contributed by atoms with Crippen molar-refractivity contribution in [3.05, 3.63) is 36.4 Å². The number of hydrazine groups is 1. The van der Waals surface area contributed by atoms with Crippen molar-refractivity contribution < 1.29 is 55.0 Å². The van der Waals surface area contributed by atoms with Gasteiger partial charge in [-0.2, -0.15) is 18.2 Å². The summed E-state index contributed by atoms with van der Waals surface area (Å²) in [6.07, 6.45) is 3.81. The number of methoxy groups -OCH3 is 1. The molecule has 1 aromatic carbocycles. The Morgan fingerprint density at radius 3 is 2.42 bits per heavy atom. The van der Waals surface area contributed by atoms with Crippen LogP contribution in [-0.2, 0) is 29.1 Å². The smallest absolute Gasteiger partial charge is 0.427 e. The first kappa shape index (κ1) is 49.6. The molecule has 2 aliphatic heterocycles. The number of amides is 4. The van der Waals surface area contributed by atoms with Crippen LogP contribution in [0.5, 0.6) is 11.6 Å². The second kappa shape index (κ2) is 19.9. The lowest BCUT2D eigenvalue weighted by atomic mass is 9.88. The van der Waals surface area contributed by atoms with Crippen LogP contribution in [0.2, 0.25) is 0 Å². The van der Waals surface area contributed by atoms with E-state index in [4.69, 9.17) is 24.9 Å². The Hall–Kier alpha value is -4.85. The van der Waals surface area contributed by atoms with Crippen molar-refractivity contribution in [2.24, 2.45) is 29.4 Å². The maximum atomic E-state index is 14.6. The van der Waals surface area contributed by atoms with Crippen LogP contribution in [0.1, 0.15) is 105 Å². The van der Waals surface area contributed by atoms with Gasteiger partial charge in [0.2, 0.25) is 39.2 Å². The number of halogens is 3. The number of primary amides is 1. The SMILES string of the molecule is COc1ccc2c(O[C@@H]3C[C@@H](C(N)=O)N(C(=O)[C@@H](NNC(=O)OC(C)(C)C(F)(F)F)[C@H](C)C[C@@H](C)CC/C=C\[C@@H]4CCCC4C(=O)NS(=O)(=O)C4(C)CC4)C3)nc(N3CCCC3)cc2c1. The van der Waals surface area contributed by atoms with Crippen molar-refractivity contribution in [2.75, 3.05) is 31.6 Å². The van der Waals surface area contributed by atoms with E-state index in [0.717, 1.165) is 44.2 Å². The predicted octanol–water partition coefficient (Wildman–Crippen LogP) is 6.03. The predicted molar refractivity (Wildman–Crippen MR) is 237 cm³/mol. The van der Waals surface area contributed by atoms with Gasteiger partial charge in [-0.3, -0.25) is 24.5 Å². The van der Waals surface area contributed by atoms with Gasteiger partial charge in [0.25, 0.3) is 0 Å². The highest BCUT2D eigenvalue weighted by molar-refractivity contribution is 7.91. The lowest BCUT2D eigenvalue weighted by molar-refractivity contribution is -0.244. The zero-order chi connectivity index (χ0) is 47.5. The maximum Gasteiger partial charge on any atom is 0.427 e. The zero-order valence-electron chi connectivity index (χ0n) is 38.0. The Morgan fingerprint density at radius 2 is 1.77 bits per heavy atom. The molecule has 2 saturated carbocycles. The van der Waals surface area contributed by atoms with Crippen LogP contribution in [0.3, 0.4) is 0 Å². The second-order valence-corrected chi connectivity index (χ2v) is 21.2. The number of rotatable bonds is 19. The summed E-state index contributed by atoms with van der Waals surface area (Å²) in [4.78, 5) is 61.7. The summed E-state index contributed by atoms with van der Waals surface area (Å²) in [7, 11) is -2.17. The van der Waals surface area contributed by atoms with E-state index in [1.165, 1.54) is 4.90 Å². The zero-order valence-corrected chi connectivity index (χ0v) is 38.9. The minimum Gasteiger partial charge on any atom is -0.497 e. The number of aromatic nitrogens is 1. The van der Waals surface area contributed by atoms with Crippen LogP contribution in [0.4, 0.5) is 23.8 Å². The number of allylic oxidation sites excluding steroid dienone is 2. The molecule has 2 saturated heterocycles. The number of fused-ring (bicyclic) bond motifs is 1. The third-order valence-electron chi connectivity index (χ3n) is 13.5. The first-order chi connectivity index (χ1) is 30.5. The molecule has 4 amide bonds. The van der Waals surface area contributed by atoms with Gasteiger partial charge < -0.3 is 29.7 Å². The minimum absolute atomic E-state index is 0.0163. The number of nitrogens with one attached hydrogen (secondary N) is 3. The highest BCUT2D eigenvalue weighted by atomic mass is 32.2. The molecule has 6 rings (SSSR count). The molecule has 3 heterocycles. The van der Waals surface area contributed by atoms with Gasteiger partial charge in [0, 0.05) is 30.8 Å². The molecule has 2 aromatic rings. The highest BCUT2D eigenvalue weighted by Crippen LogP contribution is 2.43. The summed E-state index contributed by atoms with van der Waals surface area (Å²) in [5.41, 5.74) is 7.81. The van der Waals surface area contributed by atoms with E-state index in [-0.39, 0.29) is 24.8 Å². The van der Waals surface area contributed by atoms with Gasteiger partial charge in [0.15, 0.2) is 0 Å². The lowest BCUT2D eigenvalue weighted by Gasteiger charge is -2.33. The number of likely N-dealkylation sites (tertiary alicyclic amines) is 1. The summed E-state index contributed by atoms with van der Waals surface area (Å²) >= 11 is 0. The fourth-order valence-electron chi connectivity index (χ4n) is 9.01. The van der Waals surface area contributed by atoms with E-state index in [2.05, 4.69) is 20.5 Å². The summed E-state index contributed by atoms with van der Waals surface area (Å²) in [5.74, 6) is -1.35. The molecule has 1 aromatic heterocycles. The van der Waals surface area contributed by atoms with Crippen LogP contribution in [0, 0.1) is 23.7 Å². The molecule has 1 unspecified atom stereocenters. The number of sulfonamides is 1. The van der Waals surface area contributed by atoms with Crippen LogP contribution < -0.4 is 35.7 Å². The maximum absolute atomic E-state index is 14.6. The Balaban J connectivity index is 1.14. The fourth-order valence-corrected chi connectivity index (χ4v) is 10.3. The topological polar surface area (TPSA) is 212 Å². The number of benzene rings is 1. The number of carbonyl (C=O) groups is 4. The van der Waals surface area contributed by atoms with Crippen molar-refractivity contribution in [1.29, 1.82) is 0 Å². The van der Waals surface area contributed by atoms with Crippen molar-refractivity contribution in [1.82, 2.24) is 25.5 Å². The standard InChI is InChI=1S/C45H64F3N7O9S/c1-27(12-7-8-13-29-14-11-15-33(29)39(57)53-65(60,61)44(5)18-19-44)22-28(2)37(51-52-42(59)64-43(3,4)45(46,47)48)41(58)55-26-32(25-35(55)38(49)56)63-40-34-17-16-31(62-6)23-30(34)24-36(50-40)54-20-9-10-21-54/h8,13,16-17,23-24,27-29,32-33,35,37,51H,7,9-12,14-15,18-22,25-26H2,1-6H3,(H2,49,56)(H,52,59)(H,53,57)/b13-8-/t27-,28+,29+,32+,33?,35-,37-/m0/s1. The largest absolute Gasteiger partial charge is 0.497 e. The normalized spacial score (nSPS) is 23.6. The average Bonchev–Trinajstić information content (AvgIpc) is 3.62. The van der Waals surface area contributed by atoms with Crippen LogP contribution in [-0.4, -0.2) is 104 Å². The van der Waals surface area contributed by atoms with E-state index in [0.29, 0.717) is 75.2 Å². The number of anilines is 1. The lowest BCUT2D eigenvalue weighted by Crippen LogP contribution is -2.59. The summed E-state index contributed by atoms with van der Waals surface area (Å²) < 4.78 is 84.3. The number of hydrogen-bond donors (Lipinski definition) is 4. The summed E-state index contributed by atoms with van der Waals surface area (Å²) in [6.45, 7) is 8.34. The quantitative estimate of drug-likeness (QED) is 0.0940. The third kappa shape index (κ3) is 11.8. The monoisotopic (exact) mass is 935 g/mol. The molecular formula is C45H64F3N7O9S.